The average Bonchev–Trinajstić information content (AvgIpc) is 2.66. The number of hydrogen-bond acceptors (Lipinski definition) is 5. The number of rotatable bonds is 5. The molecule has 26 heavy (non-hydrogen) atoms. The summed E-state index contributed by atoms with van der Waals surface area (Å²) in [7, 11) is 1.47. The molecule has 0 aliphatic carbocycles. The van der Waals surface area contributed by atoms with Crippen LogP contribution in [-0.4, -0.2) is 30.6 Å². The quantitative estimate of drug-likeness (QED) is 0.549. The lowest BCUT2D eigenvalue weighted by Gasteiger charge is -2.13. The fraction of sp³-hybridized carbons (Fsp3) is 0.167. The zero-order valence-corrected chi connectivity index (χ0v) is 15.2. The van der Waals surface area contributed by atoms with E-state index < -0.39 is 11.8 Å². The lowest BCUT2D eigenvalue weighted by molar-refractivity contribution is 0.0931. The Morgan fingerprint density at radius 3 is 2.12 bits per heavy atom. The summed E-state index contributed by atoms with van der Waals surface area (Å²) < 4.78 is 10.5. The van der Waals surface area contributed by atoms with Crippen LogP contribution in [0.4, 0.5) is 0 Å². The number of amides is 2. The summed E-state index contributed by atoms with van der Waals surface area (Å²) in [6.07, 6.45) is 0. The number of para-hydroxylation sites is 2. The van der Waals surface area contributed by atoms with Gasteiger partial charge in [-0.05, 0) is 43.4 Å². The Morgan fingerprint density at radius 2 is 1.50 bits per heavy atom. The van der Waals surface area contributed by atoms with E-state index in [2.05, 4.69) is 16.2 Å². The maximum absolute atomic E-state index is 12.3. The van der Waals surface area contributed by atoms with Gasteiger partial charge in [0.25, 0.3) is 11.8 Å². The third-order valence-corrected chi connectivity index (χ3v) is 3.50. The molecule has 0 atom stereocenters. The van der Waals surface area contributed by atoms with Crippen molar-refractivity contribution < 1.29 is 19.1 Å². The summed E-state index contributed by atoms with van der Waals surface area (Å²) in [6.45, 7) is 2.26. The lowest BCUT2D eigenvalue weighted by Crippen LogP contribution is -2.48. The second kappa shape index (κ2) is 9.38. The van der Waals surface area contributed by atoms with Crippen molar-refractivity contribution >= 4 is 29.1 Å². The van der Waals surface area contributed by atoms with Crippen molar-refractivity contribution in [2.45, 2.75) is 6.92 Å². The molecule has 2 aromatic carbocycles. The molecular weight excluding hydrogens is 354 g/mol. The van der Waals surface area contributed by atoms with Gasteiger partial charge in [-0.15, -0.1) is 0 Å². The van der Waals surface area contributed by atoms with Crippen LogP contribution in [-0.2, 0) is 0 Å². The predicted molar refractivity (Wildman–Crippen MR) is 101 cm³/mol. The average molecular weight is 373 g/mol. The number of carbonyl (C=O) groups excluding carboxylic acids is 2. The summed E-state index contributed by atoms with van der Waals surface area (Å²) in [5, 5.41) is 2.43. The van der Waals surface area contributed by atoms with Crippen LogP contribution in [0.1, 0.15) is 27.6 Å². The van der Waals surface area contributed by atoms with Crippen LogP contribution < -0.4 is 25.6 Å². The van der Waals surface area contributed by atoms with Gasteiger partial charge >= 0.3 is 0 Å². The van der Waals surface area contributed by atoms with Crippen molar-refractivity contribution in [1.29, 1.82) is 0 Å². The zero-order valence-electron chi connectivity index (χ0n) is 14.4. The van der Waals surface area contributed by atoms with Gasteiger partial charge in [0.2, 0.25) is 0 Å². The Bertz CT molecular complexity index is 811. The van der Waals surface area contributed by atoms with Crippen molar-refractivity contribution in [3.05, 3.63) is 59.7 Å². The third-order valence-electron chi connectivity index (χ3n) is 3.30. The largest absolute Gasteiger partial charge is 0.496 e. The van der Waals surface area contributed by atoms with Crippen LogP contribution in [0.2, 0.25) is 0 Å². The Balaban J connectivity index is 1.95. The van der Waals surface area contributed by atoms with E-state index >= 15 is 0 Å². The van der Waals surface area contributed by atoms with E-state index in [-0.39, 0.29) is 5.11 Å². The molecule has 0 bridgehead atoms. The fourth-order valence-corrected chi connectivity index (χ4v) is 2.29. The molecule has 7 nitrogen and oxygen atoms in total. The number of methoxy groups -OCH3 is 1. The van der Waals surface area contributed by atoms with Gasteiger partial charge < -0.3 is 9.47 Å². The Hall–Kier alpha value is -3.13. The number of nitrogens with one attached hydrogen (secondary N) is 3. The second-order valence-corrected chi connectivity index (χ2v) is 5.40. The van der Waals surface area contributed by atoms with Crippen molar-refractivity contribution in [3.8, 4) is 11.5 Å². The molecule has 0 fully saturated rings. The Labute approximate surface area is 156 Å². The predicted octanol–water partition coefficient (Wildman–Crippen LogP) is 2.04. The minimum atomic E-state index is -0.450. The molecule has 0 saturated carbocycles. The van der Waals surface area contributed by atoms with Crippen molar-refractivity contribution in [3.63, 3.8) is 0 Å². The number of thiocarbonyl (C=S) groups is 1. The molecule has 3 N–H and O–H groups in total. The van der Waals surface area contributed by atoms with E-state index in [4.69, 9.17) is 21.7 Å². The van der Waals surface area contributed by atoms with E-state index in [1.54, 1.807) is 48.5 Å². The van der Waals surface area contributed by atoms with Gasteiger partial charge in [-0.25, -0.2) is 0 Å². The number of hydrogen-bond donors (Lipinski definition) is 3. The van der Waals surface area contributed by atoms with Crippen molar-refractivity contribution in [2.75, 3.05) is 13.7 Å². The van der Waals surface area contributed by atoms with E-state index in [0.29, 0.717) is 29.2 Å². The van der Waals surface area contributed by atoms with Gasteiger partial charge in [-0.2, -0.15) is 0 Å². The van der Waals surface area contributed by atoms with Gasteiger partial charge in [0.1, 0.15) is 11.5 Å². The van der Waals surface area contributed by atoms with Crippen LogP contribution in [0, 0.1) is 0 Å². The minimum Gasteiger partial charge on any atom is -0.496 e. The highest BCUT2D eigenvalue weighted by Gasteiger charge is 2.15. The van der Waals surface area contributed by atoms with E-state index in [1.165, 1.54) is 7.11 Å². The number of hydrazine groups is 1. The summed E-state index contributed by atoms with van der Waals surface area (Å²) in [6, 6.07) is 13.5. The molecule has 0 aliphatic rings. The summed E-state index contributed by atoms with van der Waals surface area (Å²) in [5.74, 6) is -0.0207. The molecule has 8 heteroatoms. The summed E-state index contributed by atoms with van der Waals surface area (Å²) >= 11 is 5.04. The third kappa shape index (κ3) is 4.93. The smallest absolute Gasteiger partial charge is 0.273 e. The van der Waals surface area contributed by atoms with Gasteiger partial charge in [0.05, 0.1) is 24.8 Å². The van der Waals surface area contributed by atoms with Crippen molar-refractivity contribution in [1.82, 2.24) is 16.2 Å². The van der Waals surface area contributed by atoms with Crippen LogP contribution >= 0.6 is 12.2 Å². The Kier molecular flexibility index (Phi) is 6.92. The molecule has 0 heterocycles. The van der Waals surface area contributed by atoms with E-state index in [1.807, 2.05) is 6.92 Å². The molecular formula is C18H19N3O4S. The first kappa shape index (κ1) is 19.2. The molecule has 0 aromatic heterocycles. The number of ether oxygens (including phenoxy) is 2. The molecule has 0 unspecified atom stereocenters. The maximum atomic E-state index is 12.3. The second-order valence-electron chi connectivity index (χ2n) is 4.99. The molecule has 2 amide bonds. The minimum absolute atomic E-state index is 0.0513. The summed E-state index contributed by atoms with van der Waals surface area (Å²) in [4.78, 5) is 24.5. The topological polar surface area (TPSA) is 88.7 Å². The number of carbonyl (C=O) groups is 2. The van der Waals surface area contributed by atoms with Crippen LogP contribution in [0.5, 0.6) is 11.5 Å². The highest BCUT2D eigenvalue weighted by atomic mass is 32.1. The monoisotopic (exact) mass is 373 g/mol. The van der Waals surface area contributed by atoms with Crippen LogP contribution in [0.3, 0.4) is 0 Å². The number of benzene rings is 2. The van der Waals surface area contributed by atoms with Crippen LogP contribution in [0.15, 0.2) is 48.5 Å². The van der Waals surface area contributed by atoms with Gasteiger partial charge in [-0.1, -0.05) is 24.3 Å². The van der Waals surface area contributed by atoms with Gasteiger partial charge in [0.15, 0.2) is 5.11 Å². The first-order valence-corrected chi connectivity index (χ1v) is 8.24. The first-order valence-electron chi connectivity index (χ1n) is 7.83. The van der Waals surface area contributed by atoms with Crippen LogP contribution in [0.25, 0.3) is 0 Å². The van der Waals surface area contributed by atoms with Crippen molar-refractivity contribution in [2.24, 2.45) is 0 Å². The molecule has 0 radical (unpaired) electrons. The molecule has 136 valence electrons. The molecule has 0 spiro atoms. The highest BCUT2D eigenvalue weighted by Crippen LogP contribution is 2.18. The SMILES string of the molecule is CCOc1ccccc1C(=O)NC(=S)NNC(=O)c1ccccc1OC. The highest BCUT2D eigenvalue weighted by molar-refractivity contribution is 7.80. The Morgan fingerprint density at radius 1 is 0.923 bits per heavy atom. The summed E-state index contributed by atoms with van der Waals surface area (Å²) in [5.41, 5.74) is 5.58. The lowest BCUT2D eigenvalue weighted by atomic mass is 10.2. The zero-order chi connectivity index (χ0) is 18.9. The molecule has 0 saturated heterocycles. The van der Waals surface area contributed by atoms with Gasteiger partial charge in [0, 0.05) is 0 Å². The maximum Gasteiger partial charge on any atom is 0.273 e. The standard InChI is InChI=1S/C18H19N3O4S/c1-3-25-15-11-7-5-9-13(15)16(22)19-18(26)21-20-17(23)12-8-4-6-10-14(12)24-2/h4-11H,3H2,1-2H3,(H,20,23)(H2,19,21,22,26). The van der Waals surface area contributed by atoms with E-state index in [0.717, 1.165) is 0 Å². The first-order chi connectivity index (χ1) is 12.6. The molecule has 0 aliphatic heterocycles. The molecule has 2 rings (SSSR count). The molecule has 2 aromatic rings. The fourth-order valence-electron chi connectivity index (χ4n) is 2.15. The van der Waals surface area contributed by atoms with E-state index in [9.17, 15) is 9.59 Å². The van der Waals surface area contributed by atoms with Gasteiger partial charge in [-0.3, -0.25) is 25.8 Å². The normalized spacial score (nSPS) is 9.77.